The van der Waals surface area contributed by atoms with Gasteiger partial charge >= 0.3 is 5.97 Å². The van der Waals surface area contributed by atoms with Crippen molar-refractivity contribution < 1.29 is 13.9 Å². The summed E-state index contributed by atoms with van der Waals surface area (Å²) in [6.45, 7) is 4.21. The number of carbonyl (C=O) groups is 1. The molecule has 0 bridgehead atoms. The lowest BCUT2D eigenvalue weighted by Crippen LogP contribution is -2.06. The van der Waals surface area contributed by atoms with Gasteiger partial charge < -0.3 is 9.15 Å². The van der Waals surface area contributed by atoms with Crippen molar-refractivity contribution in [2.45, 2.75) is 19.6 Å². The monoisotopic (exact) mass is 292 g/mol. The van der Waals surface area contributed by atoms with E-state index in [9.17, 15) is 4.79 Å². The molecular weight excluding hydrogens is 276 g/mol. The summed E-state index contributed by atoms with van der Waals surface area (Å²) in [5.41, 5.74) is 2.07. The molecule has 6 heteroatoms. The summed E-state index contributed by atoms with van der Waals surface area (Å²) < 4.78 is 10.4. The lowest BCUT2D eigenvalue weighted by molar-refractivity contribution is -0.139. The Morgan fingerprint density at radius 2 is 2.05 bits per heavy atom. The molecule has 5 nitrogen and oxygen atoms in total. The van der Waals surface area contributed by atoms with Crippen LogP contribution in [0.4, 0.5) is 0 Å². The minimum Gasteiger partial charge on any atom is -0.465 e. The lowest BCUT2D eigenvalue weighted by atomic mass is 10.1. The number of nitrogens with zero attached hydrogens (tertiary/aromatic N) is 2. The third-order valence-corrected chi connectivity index (χ3v) is 3.41. The van der Waals surface area contributed by atoms with Crippen molar-refractivity contribution in [1.29, 1.82) is 0 Å². The van der Waals surface area contributed by atoms with Gasteiger partial charge in [0.2, 0.25) is 11.8 Å². The zero-order chi connectivity index (χ0) is 14.4. The van der Waals surface area contributed by atoms with E-state index in [0.717, 1.165) is 5.56 Å². The minimum absolute atomic E-state index is 0.226. The van der Waals surface area contributed by atoms with Crippen molar-refractivity contribution >= 4 is 17.7 Å². The van der Waals surface area contributed by atoms with Gasteiger partial charge in [0.25, 0.3) is 0 Å². The summed E-state index contributed by atoms with van der Waals surface area (Å²) in [6, 6.07) is 7.88. The Kier molecular flexibility index (Phi) is 5.17. The van der Waals surface area contributed by atoms with Gasteiger partial charge in [0, 0.05) is 5.56 Å². The number of aryl methyl sites for hydroxylation is 1. The number of benzene rings is 1. The van der Waals surface area contributed by atoms with Gasteiger partial charge in [-0.2, -0.15) is 0 Å². The molecule has 1 aromatic carbocycles. The second kappa shape index (κ2) is 7.09. The molecule has 0 spiro atoms. The lowest BCUT2D eigenvalue weighted by Gasteiger charge is -1.99. The van der Waals surface area contributed by atoms with Crippen molar-refractivity contribution in [2.24, 2.45) is 0 Å². The molecule has 1 aromatic heterocycles. The molecule has 0 aliphatic heterocycles. The first kappa shape index (κ1) is 14.6. The Hall–Kier alpha value is -1.82. The van der Waals surface area contributed by atoms with Gasteiger partial charge in [0.1, 0.15) is 0 Å². The van der Waals surface area contributed by atoms with Gasteiger partial charge in [-0.3, -0.25) is 4.79 Å². The van der Waals surface area contributed by atoms with Crippen LogP contribution in [0, 0.1) is 6.92 Å². The molecule has 0 fully saturated rings. The summed E-state index contributed by atoms with van der Waals surface area (Å²) in [5.74, 6) is 1.57. The summed E-state index contributed by atoms with van der Waals surface area (Å²) in [7, 11) is 0. The molecule has 0 radical (unpaired) electrons. The van der Waals surface area contributed by atoms with E-state index in [1.807, 2.05) is 31.2 Å². The predicted molar refractivity (Wildman–Crippen MR) is 77.3 cm³/mol. The predicted octanol–water partition coefficient (Wildman–Crippen LogP) is 2.84. The summed E-state index contributed by atoms with van der Waals surface area (Å²) >= 11 is 1.39. The number of rotatable bonds is 6. The van der Waals surface area contributed by atoms with Crippen molar-refractivity contribution in [3.63, 3.8) is 0 Å². The van der Waals surface area contributed by atoms with Crippen LogP contribution in [-0.2, 0) is 15.3 Å². The van der Waals surface area contributed by atoms with Crippen molar-refractivity contribution in [1.82, 2.24) is 10.2 Å². The number of esters is 1. The van der Waals surface area contributed by atoms with Crippen molar-refractivity contribution in [2.75, 3.05) is 12.4 Å². The van der Waals surface area contributed by atoms with E-state index in [1.54, 1.807) is 6.92 Å². The van der Waals surface area contributed by atoms with Gasteiger partial charge in [-0.25, -0.2) is 0 Å². The second-order valence-electron chi connectivity index (χ2n) is 4.16. The van der Waals surface area contributed by atoms with Crippen LogP contribution in [0.5, 0.6) is 0 Å². The van der Waals surface area contributed by atoms with E-state index in [0.29, 0.717) is 24.1 Å². The Morgan fingerprint density at radius 1 is 1.30 bits per heavy atom. The highest BCUT2D eigenvalue weighted by atomic mass is 32.2. The standard InChI is InChI=1S/C14H16N2O3S/c1-3-18-13(17)9-20-8-12-15-16-14(19-12)11-6-4-10(2)5-7-11/h4-7H,3,8-9H2,1-2H3. The third kappa shape index (κ3) is 4.09. The smallest absolute Gasteiger partial charge is 0.315 e. The number of hydrogen-bond acceptors (Lipinski definition) is 6. The minimum atomic E-state index is -0.226. The number of carbonyl (C=O) groups excluding carboxylic acids is 1. The average Bonchev–Trinajstić information content (AvgIpc) is 2.89. The highest BCUT2D eigenvalue weighted by Gasteiger charge is 2.09. The molecule has 0 aliphatic rings. The van der Waals surface area contributed by atoms with Crippen LogP contribution < -0.4 is 0 Å². The van der Waals surface area contributed by atoms with Crippen LogP contribution in [-0.4, -0.2) is 28.5 Å². The summed E-state index contributed by atoms with van der Waals surface area (Å²) in [4.78, 5) is 11.2. The largest absolute Gasteiger partial charge is 0.465 e. The van der Waals surface area contributed by atoms with Crippen LogP contribution in [0.2, 0.25) is 0 Å². The molecule has 2 aromatic rings. The number of hydrogen-bond donors (Lipinski definition) is 0. The molecule has 0 unspecified atom stereocenters. The first-order valence-electron chi connectivity index (χ1n) is 6.32. The van der Waals surface area contributed by atoms with Crippen LogP contribution in [0.25, 0.3) is 11.5 Å². The fourth-order valence-corrected chi connectivity index (χ4v) is 2.19. The molecular formula is C14H16N2O3S. The SMILES string of the molecule is CCOC(=O)CSCc1nnc(-c2ccc(C)cc2)o1. The Bertz CT molecular complexity index is 566. The first-order valence-corrected chi connectivity index (χ1v) is 7.47. The first-order chi connectivity index (χ1) is 9.69. The van der Waals surface area contributed by atoms with Gasteiger partial charge in [0.15, 0.2) is 0 Å². The normalized spacial score (nSPS) is 10.5. The van der Waals surface area contributed by atoms with E-state index < -0.39 is 0 Å². The molecule has 106 valence electrons. The van der Waals surface area contributed by atoms with Gasteiger partial charge in [-0.1, -0.05) is 17.7 Å². The number of ether oxygens (including phenoxy) is 1. The van der Waals surface area contributed by atoms with Crippen LogP contribution >= 0.6 is 11.8 Å². The third-order valence-electron chi connectivity index (χ3n) is 2.52. The molecule has 1 heterocycles. The number of aromatic nitrogens is 2. The van der Waals surface area contributed by atoms with Crippen LogP contribution in [0.3, 0.4) is 0 Å². The molecule has 2 rings (SSSR count). The summed E-state index contributed by atoms with van der Waals surface area (Å²) in [6.07, 6.45) is 0. The van der Waals surface area contributed by atoms with Crippen molar-refractivity contribution in [3.05, 3.63) is 35.7 Å². The zero-order valence-electron chi connectivity index (χ0n) is 11.5. The molecule has 0 aliphatic carbocycles. The molecule has 0 amide bonds. The highest BCUT2D eigenvalue weighted by molar-refractivity contribution is 7.99. The quantitative estimate of drug-likeness (QED) is 0.763. The van der Waals surface area contributed by atoms with E-state index in [-0.39, 0.29) is 11.7 Å². The summed E-state index contributed by atoms with van der Waals surface area (Å²) in [5, 5.41) is 7.97. The number of thioether (sulfide) groups is 1. The average molecular weight is 292 g/mol. The fraction of sp³-hybridized carbons (Fsp3) is 0.357. The zero-order valence-corrected chi connectivity index (χ0v) is 12.3. The Labute approximate surface area is 121 Å². The molecule has 0 saturated carbocycles. The van der Waals surface area contributed by atoms with E-state index in [2.05, 4.69) is 10.2 Å². The van der Waals surface area contributed by atoms with E-state index >= 15 is 0 Å². The maximum atomic E-state index is 11.2. The molecule has 0 N–H and O–H groups in total. The maximum Gasteiger partial charge on any atom is 0.315 e. The molecule has 0 saturated heterocycles. The van der Waals surface area contributed by atoms with E-state index in [4.69, 9.17) is 9.15 Å². The van der Waals surface area contributed by atoms with Crippen LogP contribution in [0.15, 0.2) is 28.7 Å². The maximum absolute atomic E-state index is 11.2. The van der Waals surface area contributed by atoms with Crippen LogP contribution in [0.1, 0.15) is 18.4 Å². The highest BCUT2D eigenvalue weighted by Crippen LogP contribution is 2.20. The van der Waals surface area contributed by atoms with Crippen molar-refractivity contribution in [3.8, 4) is 11.5 Å². The van der Waals surface area contributed by atoms with E-state index in [1.165, 1.54) is 17.3 Å². The van der Waals surface area contributed by atoms with Gasteiger partial charge in [-0.05, 0) is 26.0 Å². The Balaban J connectivity index is 1.89. The Morgan fingerprint density at radius 3 is 2.75 bits per heavy atom. The second-order valence-corrected chi connectivity index (χ2v) is 5.15. The van der Waals surface area contributed by atoms with Gasteiger partial charge in [0.05, 0.1) is 18.1 Å². The molecule has 20 heavy (non-hydrogen) atoms. The topological polar surface area (TPSA) is 65.2 Å². The van der Waals surface area contributed by atoms with Gasteiger partial charge in [-0.15, -0.1) is 22.0 Å². The molecule has 0 atom stereocenters. The fourth-order valence-electron chi connectivity index (χ4n) is 1.55.